The summed E-state index contributed by atoms with van der Waals surface area (Å²) < 4.78 is 64.5. The van der Waals surface area contributed by atoms with Gasteiger partial charge in [-0.3, -0.25) is 14.4 Å². The van der Waals surface area contributed by atoms with E-state index in [0.29, 0.717) is 0 Å². The van der Waals surface area contributed by atoms with E-state index in [1.54, 1.807) is 0 Å². The van der Waals surface area contributed by atoms with E-state index in [1.807, 2.05) is 0 Å². The number of aliphatic hydroxyl groups is 16. The Hall–Kier alpha value is -2.67. The molecule has 0 saturated carbocycles. The first-order chi connectivity index (χ1) is 35.4. The summed E-state index contributed by atoms with van der Waals surface area (Å²) in [5, 5.41) is 178. The van der Waals surface area contributed by atoms with Crippen molar-refractivity contribution in [2.75, 3.05) is 33.0 Å². The van der Waals surface area contributed by atoms with E-state index < -0.39 is 235 Å². The van der Waals surface area contributed by atoms with Crippen LogP contribution in [-0.4, -0.2) is 317 Å². The minimum absolute atomic E-state index is 0.813. The highest BCUT2D eigenvalue weighted by Gasteiger charge is 2.58. The molecule has 0 radical (unpaired) electrons. The van der Waals surface area contributed by atoms with Gasteiger partial charge in [0, 0.05) is 20.8 Å². The number of carbonyl (C=O) groups excluding carboxylic acids is 3. The van der Waals surface area contributed by atoms with E-state index in [2.05, 4.69) is 16.0 Å². The highest BCUT2D eigenvalue weighted by atomic mass is 16.8. The molecule has 6 rings (SSSR count). The van der Waals surface area contributed by atoms with E-state index >= 15 is 0 Å². The fraction of sp³-hybridized carbons (Fsp3) is 0.929. The van der Waals surface area contributed by atoms with Crippen molar-refractivity contribution in [2.24, 2.45) is 0 Å². The van der Waals surface area contributed by atoms with Gasteiger partial charge in [0.25, 0.3) is 0 Å². The van der Waals surface area contributed by atoms with Crippen LogP contribution in [0.15, 0.2) is 0 Å². The van der Waals surface area contributed by atoms with Gasteiger partial charge in [-0.15, -0.1) is 0 Å². The molecule has 0 aliphatic carbocycles. The molecule has 75 heavy (non-hydrogen) atoms. The molecule has 6 aliphatic rings. The highest BCUT2D eigenvalue weighted by Crippen LogP contribution is 2.36. The minimum atomic E-state index is -2.11. The van der Waals surface area contributed by atoms with Crippen LogP contribution in [-0.2, 0) is 66.5 Å². The van der Waals surface area contributed by atoms with Gasteiger partial charge in [0.2, 0.25) is 17.7 Å². The first-order valence-corrected chi connectivity index (χ1v) is 23.9. The number of ether oxygens (including phenoxy) is 11. The predicted molar refractivity (Wildman–Crippen MR) is 233 cm³/mol. The van der Waals surface area contributed by atoms with Gasteiger partial charge >= 0.3 is 0 Å². The van der Waals surface area contributed by atoms with Crippen molar-refractivity contribution >= 4 is 17.7 Å². The molecule has 0 aromatic rings. The number of nitrogens with one attached hydrogen (secondary N) is 3. The average molecular weight is 1100 g/mol. The second kappa shape index (κ2) is 26.5. The molecule has 0 aromatic carbocycles. The Labute approximate surface area is 426 Å². The first-order valence-electron chi connectivity index (χ1n) is 23.9. The average Bonchev–Trinajstić information content (AvgIpc) is 3.36. The summed E-state index contributed by atoms with van der Waals surface area (Å²) in [7, 11) is 0. The second-order valence-electron chi connectivity index (χ2n) is 19.0. The second-order valence-corrected chi connectivity index (χ2v) is 19.0. The Morgan fingerprint density at radius 2 is 0.733 bits per heavy atom. The summed E-state index contributed by atoms with van der Waals surface area (Å²) >= 11 is 0. The quantitative estimate of drug-likeness (QED) is 0.0606. The number of hydrogen-bond acceptors (Lipinski definition) is 30. The molecule has 1 unspecified atom stereocenters. The van der Waals surface area contributed by atoms with E-state index in [9.17, 15) is 96.1 Å². The lowest BCUT2D eigenvalue weighted by Crippen LogP contribution is -2.71. The maximum Gasteiger partial charge on any atom is 0.217 e. The normalized spacial score (nSPS) is 48.6. The lowest BCUT2D eigenvalue weighted by molar-refractivity contribution is -0.376. The summed E-state index contributed by atoms with van der Waals surface area (Å²) in [6, 6.07) is -5.13. The van der Waals surface area contributed by atoms with Gasteiger partial charge in [0.05, 0.1) is 39.1 Å². The molecule has 6 fully saturated rings. The van der Waals surface area contributed by atoms with Crippen LogP contribution < -0.4 is 16.0 Å². The summed E-state index contributed by atoms with van der Waals surface area (Å²) in [6.07, 6.45) is -49.5. The standard InChI is InChI=1S/C42H71N3O30/c1-10-22(53)27(58)30(61)40(66-10)75-36-21(45-13(4)52)38(71-17(8-49)33(36)72-41-31(62)28(59)23(54)14(5-46)69-41)65-9-18-26(57)34(19(37(64)67-18)43-11(2)50)73-39-20(44-12(3)51)35(25(56)16(7-48)68-39)74-42-32(63)29(60)24(55)15(6-47)70-42/h10,14-42,46-49,53-64H,5-9H2,1-4H3,(H,43,50)(H,44,51)(H,45,52)/t10-,14+,15+,16+,17+,18+,19+,20+,21+,22+,23-,24-,25+,26-,27+,28-,29-,30-,31+,32+,33+,34+,35+,36+,37?,38+,39-,40-,41-,42-/m0/s1. The van der Waals surface area contributed by atoms with E-state index in [1.165, 1.54) is 6.92 Å². The Morgan fingerprint density at radius 3 is 1.23 bits per heavy atom. The van der Waals surface area contributed by atoms with Crippen molar-refractivity contribution in [1.29, 1.82) is 0 Å². The summed E-state index contributed by atoms with van der Waals surface area (Å²) in [6.45, 7) is -0.260. The minimum Gasteiger partial charge on any atom is -0.394 e. The Kier molecular flexibility index (Phi) is 21.8. The number of carbonyl (C=O) groups is 3. The van der Waals surface area contributed by atoms with Gasteiger partial charge < -0.3 is 150 Å². The SMILES string of the molecule is CC(=O)N[C@H]1[C@H](OC[C@H]2OC(O)[C@H](NC(C)=O)[C@@H](O[C@@H]3O[C@H](CO)[C@@H](O)[C@H](O[C@@H]4O[C@H](CO)[C@H](O)[C@H](O)[C@H]4O)[C@H]3NC(C)=O)[C@H]2O)O[C@H](CO)[C@@H](O[C@@H]2O[C@H](CO)[C@H](O)[C@H](O)[C@H]2O)[C@@H]1O[C@@H]1O[C@@H](C)[C@@H](O)[C@@H](O)[C@@H]1O. The van der Waals surface area contributed by atoms with Crippen LogP contribution in [0.25, 0.3) is 0 Å². The lowest BCUT2D eigenvalue weighted by atomic mass is 9.93. The smallest absolute Gasteiger partial charge is 0.217 e. The van der Waals surface area contributed by atoms with Crippen LogP contribution >= 0.6 is 0 Å². The van der Waals surface area contributed by atoms with Crippen LogP contribution in [0.3, 0.4) is 0 Å². The molecule has 0 aromatic heterocycles. The number of amides is 3. The van der Waals surface area contributed by atoms with Crippen LogP contribution in [0, 0.1) is 0 Å². The fourth-order valence-electron chi connectivity index (χ4n) is 9.56. The Morgan fingerprint density at radius 1 is 0.373 bits per heavy atom. The zero-order chi connectivity index (χ0) is 55.5. The van der Waals surface area contributed by atoms with Crippen LogP contribution in [0.4, 0.5) is 0 Å². The maximum absolute atomic E-state index is 12.9. The third-order valence-corrected chi connectivity index (χ3v) is 13.6. The molecule has 6 saturated heterocycles. The van der Waals surface area contributed by atoms with Gasteiger partial charge in [0.15, 0.2) is 37.7 Å². The number of aliphatic hydroxyl groups excluding tert-OH is 16. The summed E-state index contributed by atoms with van der Waals surface area (Å²) in [4.78, 5) is 38.2. The van der Waals surface area contributed by atoms with Crippen molar-refractivity contribution in [1.82, 2.24) is 16.0 Å². The third kappa shape index (κ3) is 13.7. The summed E-state index contributed by atoms with van der Waals surface area (Å²) in [5.41, 5.74) is 0. The molecule has 3 amide bonds. The third-order valence-electron chi connectivity index (χ3n) is 13.6. The molecule has 434 valence electrons. The van der Waals surface area contributed by atoms with Gasteiger partial charge in [-0.05, 0) is 6.92 Å². The van der Waals surface area contributed by atoms with Crippen LogP contribution in [0.1, 0.15) is 27.7 Å². The molecule has 0 spiro atoms. The predicted octanol–water partition coefficient (Wildman–Crippen LogP) is -12.6. The van der Waals surface area contributed by atoms with Gasteiger partial charge in [-0.1, -0.05) is 0 Å². The lowest BCUT2D eigenvalue weighted by Gasteiger charge is -2.51. The largest absolute Gasteiger partial charge is 0.394 e. The molecular weight excluding hydrogens is 1030 g/mol. The zero-order valence-electron chi connectivity index (χ0n) is 40.7. The molecule has 0 bridgehead atoms. The topological polar surface area (TPSA) is 513 Å². The van der Waals surface area contributed by atoms with Crippen LogP contribution in [0.2, 0.25) is 0 Å². The number of rotatable bonds is 18. The molecule has 19 N–H and O–H groups in total. The van der Waals surface area contributed by atoms with E-state index in [-0.39, 0.29) is 0 Å². The molecular formula is C42H71N3O30. The van der Waals surface area contributed by atoms with Crippen molar-refractivity contribution in [3.8, 4) is 0 Å². The molecule has 6 heterocycles. The van der Waals surface area contributed by atoms with Crippen molar-refractivity contribution in [3.63, 3.8) is 0 Å². The van der Waals surface area contributed by atoms with Gasteiger partial charge in [-0.2, -0.15) is 0 Å². The van der Waals surface area contributed by atoms with E-state index in [4.69, 9.17) is 52.1 Å². The number of hydrogen-bond donors (Lipinski definition) is 19. The first kappa shape index (κ1) is 61.5. The molecule has 33 nitrogen and oxygen atoms in total. The molecule has 6 aliphatic heterocycles. The Balaban J connectivity index is 1.30. The monoisotopic (exact) mass is 1100 g/mol. The highest BCUT2D eigenvalue weighted by molar-refractivity contribution is 5.74. The van der Waals surface area contributed by atoms with Gasteiger partial charge in [-0.25, -0.2) is 0 Å². The van der Waals surface area contributed by atoms with Crippen molar-refractivity contribution in [3.05, 3.63) is 0 Å². The van der Waals surface area contributed by atoms with Crippen molar-refractivity contribution < 1.29 is 148 Å². The van der Waals surface area contributed by atoms with Crippen molar-refractivity contribution in [2.45, 2.75) is 212 Å². The Bertz CT molecular complexity index is 1850. The zero-order valence-corrected chi connectivity index (χ0v) is 40.7. The van der Waals surface area contributed by atoms with Crippen LogP contribution in [0.5, 0.6) is 0 Å². The molecule has 33 heteroatoms. The summed E-state index contributed by atoms with van der Waals surface area (Å²) in [5.74, 6) is -2.47. The maximum atomic E-state index is 12.9. The van der Waals surface area contributed by atoms with E-state index in [0.717, 1.165) is 20.8 Å². The molecule has 30 atom stereocenters. The van der Waals surface area contributed by atoms with Gasteiger partial charge in [0.1, 0.15) is 140 Å². The fourth-order valence-corrected chi connectivity index (χ4v) is 9.56.